The van der Waals surface area contributed by atoms with E-state index in [0.717, 1.165) is 49.4 Å². The van der Waals surface area contributed by atoms with Gasteiger partial charge in [-0.25, -0.2) is 19.3 Å². The summed E-state index contributed by atoms with van der Waals surface area (Å²) in [5.74, 6) is 1.24. The number of aromatic nitrogens is 3. The highest BCUT2D eigenvalue weighted by molar-refractivity contribution is 6.13. The summed E-state index contributed by atoms with van der Waals surface area (Å²) in [7, 11) is 0. The van der Waals surface area contributed by atoms with E-state index < -0.39 is 0 Å². The van der Waals surface area contributed by atoms with Gasteiger partial charge in [0, 0.05) is 44.3 Å². The van der Waals surface area contributed by atoms with Crippen molar-refractivity contribution in [3.05, 3.63) is 115 Å². The van der Waals surface area contributed by atoms with Crippen molar-refractivity contribution in [2.45, 2.75) is 0 Å². The Kier molecular flexibility index (Phi) is 4.63. The molecule has 39 heavy (non-hydrogen) atoms. The molecule has 5 nitrogen and oxygen atoms in total. The summed E-state index contributed by atoms with van der Waals surface area (Å²) >= 11 is 0. The lowest BCUT2D eigenvalue weighted by Crippen LogP contribution is -2.00. The SMILES string of the molecule is Fc1ccc2c(c1)oc1cccc(-c3nc(-c4ccccc4)nc(-c4cccc5oc6ccccc6c45)n3)c12. The molecule has 0 atom stereocenters. The van der Waals surface area contributed by atoms with Crippen LogP contribution in [0, 0.1) is 5.82 Å². The lowest BCUT2D eigenvalue weighted by molar-refractivity contribution is 0.618. The van der Waals surface area contributed by atoms with Crippen molar-refractivity contribution in [3.8, 4) is 34.2 Å². The third-order valence-corrected chi connectivity index (χ3v) is 7.01. The van der Waals surface area contributed by atoms with E-state index in [2.05, 4.69) is 0 Å². The van der Waals surface area contributed by atoms with Gasteiger partial charge in [-0.3, -0.25) is 0 Å². The van der Waals surface area contributed by atoms with Crippen LogP contribution in [0.4, 0.5) is 4.39 Å². The molecule has 0 radical (unpaired) electrons. The van der Waals surface area contributed by atoms with Gasteiger partial charge < -0.3 is 8.83 Å². The molecule has 5 aromatic carbocycles. The van der Waals surface area contributed by atoms with Crippen molar-refractivity contribution in [3.63, 3.8) is 0 Å². The second kappa shape index (κ2) is 8.33. The van der Waals surface area contributed by atoms with E-state index in [1.54, 1.807) is 6.07 Å². The number of hydrogen-bond acceptors (Lipinski definition) is 5. The molecule has 0 aliphatic rings. The van der Waals surface area contributed by atoms with Gasteiger partial charge in [0.1, 0.15) is 28.1 Å². The predicted octanol–water partition coefficient (Wildman–Crippen LogP) is 8.81. The van der Waals surface area contributed by atoms with E-state index in [1.165, 1.54) is 12.1 Å². The second-order valence-corrected chi connectivity index (χ2v) is 9.37. The Balaban J connectivity index is 1.45. The van der Waals surface area contributed by atoms with Crippen molar-refractivity contribution in [2.24, 2.45) is 0 Å². The quantitative estimate of drug-likeness (QED) is 0.239. The fourth-order valence-electron chi connectivity index (χ4n) is 5.28. The fourth-order valence-corrected chi connectivity index (χ4v) is 5.28. The normalized spacial score (nSPS) is 11.7. The maximum absolute atomic E-state index is 14.0. The highest BCUT2D eigenvalue weighted by atomic mass is 19.1. The minimum atomic E-state index is -0.350. The van der Waals surface area contributed by atoms with Crippen LogP contribution in [0.2, 0.25) is 0 Å². The van der Waals surface area contributed by atoms with Gasteiger partial charge in [0.2, 0.25) is 0 Å². The smallest absolute Gasteiger partial charge is 0.164 e. The summed E-state index contributed by atoms with van der Waals surface area (Å²) in [6.45, 7) is 0. The molecule has 0 N–H and O–H groups in total. The zero-order chi connectivity index (χ0) is 25.9. The van der Waals surface area contributed by atoms with Gasteiger partial charge in [0.25, 0.3) is 0 Å². The molecule has 0 fully saturated rings. The van der Waals surface area contributed by atoms with Crippen LogP contribution < -0.4 is 0 Å². The van der Waals surface area contributed by atoms with Gasteiger partial charge >= 0.3 is 0 Å². The molecule has 3 heterocycles. The molecule has 0 saturated carbocycles. The average Bonchev–Trinajstić information content (AvgIpc) is 3.55. The average molecular weight is 508 g/mol. The van der Waals surface area contributed by atoms with Crippen molar-refractivity contribution in [2.75, 3.05) is 0 Å². The van der Waals surface area contributed by atoms with Gasteiger partial charge in [-0.05, 0) is 30.3 Å². The number of benzene rings is 5. The van der Waals surface area contributed by atoms with Crippen LogP contribution >= 0.6 is 0 Å². The minimum absolute atomic E-state index is 0.350. The molecular formula is C33H18FN3O2. The van der Waals surface area contributed by atoms with E-state index in [1.807, 2.05) is 91.0 Å². The third kappa shape index (κ3) is 3.42. The number of para-hydroxylation sites is 1. The van der Waals surface area contributed by atoms with Gasteiger partial charge in [-0.15, -0.1) is 0 Å². The molecule has 0 aliphatic heterocycles. The lowest BCUT2D eigenvalue weighted by Gasteiger charge is -2.10. The Morgan fingerprint density at radius 1 is 0.462 bits per heavy atom. The van der Waals surface area contributed by atoms with Crippen LogP contribution in [-0.2, 0) is 0 Å². The summed E-state index contributed by atoms with van der Waals surface area (Å²) in [6.07, 6.45) is 0. The van der Waals surface area contributed by atoms with Crippen LogP contribution in [0.15, 0.2) is 118 Å². The van der Waals surface area contributed by atoms with Crippen molar-refractivity contribution in [1.29, 1.82) is 0 Å². The molecule has 184 valence electrons. The van der Waals surface area contributed by atoms with Crippen molar-refractivity contribution in [1.82, 2.24) is 15.0 Å². The molecule has 8 aromatic rings. The number of rotatable bonds is 3. The van der Waals surface area contributed by atoms with Crippen LogP contribution in [0.25, 0.3) is 78.0 Å². The number of fused-ring (bicyclic) bond motifs is 6. The fraction of sp³-hybridized carbons (Fsp3) is 0. The first-order valence-electron chi connectivity index (χ1n) is 12.6. The number of furan rings is 2. The highest BCUT2D eigenvalue weighted by Crippen LogP contribution is 2.39. The molecule has 0 amide bonds. The first-order valence-corrected chi connectivity index (χ1v) is 12.6. The molecule has 3 aromatic heterocycles. The van der Waals surface area contributed by atoms with Crippen molar-refractivity contribution >= 4 is 43.9 Å². The topological polar surface area (TPSA) is 65.0 Å². The maximum Gasteiger partial charge on any atom is 0.164 e. The van der Waals surface area contributed by atoms with E-state index >= 15 is 0 Å². The van der Waals surface area contributed by atoms with Crippen LogP contribution in [0.1, 0.15) is 0 Å². The second-order valence-electron chi connectivity index (χ2n) is 9.37. The minimum Gasteiger partial charge on any atom is -0.456 e. The van der Waals surface area contributed by atoms with Crippen molar-refractivity contribution < 1.29 is 13.2 Å². The highest BCUT2D eigenvalue weighted by Gasteiger charge is 2.20. The first kappa shape index (κ1) is 21.7. The summed E-state index contributed by atoms with van der Waals surface area (Å²) in [5.41, 5.74) is 5.19. The number of halogens is 1. The maximum atomic E-state index is 14.0. The summed E-state index contributed by atoms with van der Waals surface area (Å²) in [6, 6.07) is 34.0. The Bertz CT molecular complexity index is 2200. The lowest BCUT2D eigenvalue weighted by atomic mass is 10.0. The Morgan fingerprint density at radius 3 is 1.74 bits per heavy atom. The summed E-state index contributed by atoms with van der Waals surface area (Å²) in [4.78, 5) is 14.9. The molecule has 0 spiro atoms. The van der Waals surface area contributed by atoms with Gasteiger partial charge in [0.05, 0.1) is 0 Å². The summed E-state index contributed by atoms with van der Waals surface area (Å²) < 4.78 is 26.1. The molecule has 6 heteroatoms. The van der Waals surface area contributed by atoms with E-state index in [4.69, 9.17) is 23.8 Å². The molecule has 0 aliphatic carbocycles. The Labute approximate surface area is 221 Å². The zero-order valence-corrected chi connectivity index (χ0v) is 20.4. The van der Waals surface area contributed by atoms with Crippen LogP contribution in [0.5, 0.6) is 0 Å². The van der Waals surface area contributed by atoms with E-state index in [9.17, 15) is 4.39 Å². The molecule has 0 bridgehead atoms. The Morgan fingerprint density at radius 2 is 1.03 bits per heavy atom. The Hall–Kier alpha value is -5.36. The number of hydrogen-bond donors (Lipinski definition) is 0. The predicted molar refractivity (Wildman–Crippen MR) is 151 cm³/mol. The van der Waals surface area contributed by atoms with Gasteiger partial charge in [-0.1, -0.05) is 72.8 Å². The number of nitrogens with zero attached hydrogens (tertiary/aromatic N) is 3. The summed E-state index contributed by atoms with van der Waals surface area (Å²) in [5, 5.41) is 3.58. The van der Waals surface area contributed by atoms with Crippen LogP contribution in [0.3, 0.4) is 0 Å². The molecule has 0 saturated heterocycles. The third-order valence-electron chi connectivity index (χ3n) is 7.01. The van der Waals surface area contributed by atoms with Gasteiger partial charge in [-0.2, -0.15) is 0 Å². The van der Waals surface area contributed by atoms with Gasteiger partial charge in [0.15, 0.2) is 17.5 Å². The molecule has 8 rings (SSSR count). The van der Waals surface area contributed by atoms with Crippen LogP contribution in [-0.4, -0.2) is 15.0 Å². The zero-order valence-electron chi connectivity index (χ0n) is 20.4. The van der Waals surface area contributed by atoms with E-state index in [0.29, 0.717) is 28.6 Å². The monoisotopic (exact) mass is 507 g/mol. The van der Waals surface area contributed by atoms with E-state index in [-0.39, 0.29) is 5.82 Å². The molecular weight excluding hydrogens is 489 g/mol. The largest absolute Gasteiger partial charge is 0.456 e. The molecule has 0 unspecified atom stereocenters. The first-order chi connectivity index (χ1) is 19.2. The standard InChI is InChI=1S/C33H18FN3O2/c34-20-16-17-22-28(18-20)39-27-15-7-12-24(30(22)27)33-36-31(19-8-2-1-3-9-19)35-32(37-33)23-11-6-14-26-29(23)21-10-4-5-13-25(21)38-26/h1-18H.